The van der Waals surface area contributed by atoms with Crippen LogP contribution in [0.4, 0.5) is 0 Å². The largest absolute Gasteiger partial charge is 0.317 e. The first-order valence-corrected chi connectivity index (χ1v) is 2.71. The summed E-state index contributed by atoms with van der Waals surface area (Å²) in [6.07, 6.45) is 4.22. The van der Waals surface area contributed by atoms with Crippen molar-refractivity contribution in [2.75, 3.05) is 13.1 Å². The Labute approximate surface area is 65.0 Å². The minimum atomic E-state index is 0. The Hall–Kier alpha value is 0.882. The van der Waals surface area contributed by atoms with Gasteiger partial charge in [0, 0.05) is 27.3 Å². The topological polar surface area (TPSA) is 12.0 Å². The van der Waals surface area contributed by atoms with Crippen molar-refractivity contribution in [3.63, 3.8) is 0 Å². The quantitative estimate of drug-likeness (QED) is 0.566. The van der Waals surface area contributed by atoms with E-state index in [9.17, 15) is 0 Å². The molecule has 1 nitrogen and oxygen atoms in total. The zero-order chi connectivity index (χ0) is 4.24. The zero-order valence-electron chi connectivity index (χ0n) is 4.74. The summed E-state index contributed by atoms with van der Waals surface area (Å²) >= 11 is 0. The maximum absolute atomic E-state index is 3.28. The van der Waals surface area contributed by atoms with Crippen molar-refractivity contribution in [2.45, 2.75) is 19.3 Å². The summed E-state index contributed by atoms with van der Waals surface area (Å²) in [6, 6.07) is 0. The number of hydrogen-bond acceptors (Lipinski definition) is 1. The van der Waals surface area contributed by atoms with Crippen molar-refractivity contribution < 1.29 is 27.3 Å². The first-order chi connectivity index (χ1) is 3.00. The van der Waals surface area contributed by atoms with Crippen LogP contribution in [0.1, 0.15) is 19.3 Å². The van der Waals surface area contributed by atoms with Crippen LogP contribution < -0.4 is 5.32 Å². The van der Waals surface area contributed by atoms with E-state index in [1.165, 1.54) is 32.4 Å². The molecule has 0 atom stereocenters. The fourth-order valence-electron chi connectivity index (χ4n) is 0.802. The standard InChI is InChI=1S/C5H11N.Cd/c1-2-4-6-5-3-1;/h6H,1-5H2;. The molecule has 0 aromatic heterocycles. The van der Waals surface area contributed by atoms with Gasteiger partial charge >= 0.3 is 0 Å². The van der Waals surface area contributed by atoms with Crippen molar-refractivity contribution in [3.05, 3.63) is 0 Å². The predicted molar refractivity (Wildman–Crippen MR) is 26.7 cm³/mol. The predicted octanol–water partition coefficient (Wildman–Crippen LogP) is 0.757. The molecule has 1 N–H and O–H groups in total. The van der Waals surface area contributed by atoms with Crippen LogP contribution in [-0.4, -0.2) is 13.1 Å². The van der Waals surface area contributed by atoms with Crippen molar-refractivity contribution >= 4 is 0 Å². The van der Waals surface area contributed by atoms with Gasteiger partial charge in [-0.3, -0.25) is 0 Å². The zero-order valence-corrected chi connectivity index (χ0v) is 8.78. The normalized spacial score (nSPS) is 20.6. The van der Waals surface area contributed by atoms with Gasteiger partial charge < -0.3 is 5.32 Å². The molecule has 1 rings (SSSR count). The summed E-state index contributed by atoms with van der Waals surface area (Å²) in [5.74, 6) is 0. The molecule has 38 valence electrons. The monoisotopic (exact) mass is 199 g/mol. The minimum absolute atomic E-state index is 0. The second-order valence-electron chi connectivity index (χ2n) is 1.81. The molecule has 0 aromatic carbocycles. The Morgan fingerprint density at radius 2 is 1.43 bits per heavy atom. The van der Waals surface area contributed by atoms with Crippen LogP contribution >= 0.6 is 0 Å². The molecule has 1 heterocycles. The summed E-state index contributed by atoms with van der Waals surface area (Å²) in [7, 11) is 0. The summed E-state index contributed by atoms with van der Waals surface area (Å²) in [6.45, 7) is 2.50. The Bertz CT molecular complexity index is 23.6. The maximum Gasteiger partial charge on any atom is 0 e. The van der Waals surface area contributed by atoms with E-state index in [2.05, 4.69) is 5.32 Å². The van der Waals surface area contributed by atoms with E-state index in [-0.39, 0.29) is 27.3 Å². The SMILES string of the molecule is C1CCNCC1.[Cd]. The summed E-state index contributed by atoms with van der Waals surface area (Å²) < 4.78 is 0. The van der Waals surface area contributed by atoms with E-state index in [1.807, 2.05) is 0 Å². The van der Waals surface area contributed by atoms with Crippen LogP contribution in [0.25, 0.3) is 0 Å². The van der Waals surface area contributed by atoms with Crippen molar-refractivity contribution in [1.82, 2.24) is 5.32 Å². The van der Waals surface area contributed by atoms with Gasteiger partial charge in [-0.25, -0.2) is 0 Å². The van der Waals surface area contributed by atoms with Crippen molar-refractivity contribution in [2.24, 2.45) is 0 Å². The van der Waals surface area contributed by atoms with E-state index in [0.29, 0.717) is 0 Å². The number of hydrogen-bond donors (Lipinski definition) is 1. The third-order valence-electron chi connectivity index (χ3n) is 1.21. The molecule has 0 amide bonds. The van der Waals surface area contributed by atoms with Gasteiger partial charge in [-0.1, -0.05) is 6.42 Å². The Morgan fingerprint density at radius 1 is 0.857 bits per heavy atom. The molecular formula is C5H11CdN. The minimum Gasteiger partial charge on any atom is -0.317 e. The number of piperidine rings is 1. The van der Waals surface area contributed by atoms with E-state index >= 15 is 0 Å². The third kappa shape index (κ3) is 3.46. The third-order valence-corrected chi connectivity index (χ3v) is 1.21. The van der Waals surface area contributed by atoms with Gasteiger partial charge in [0.1, 0.15) is 0 Å². The number of rotatable bonds is 0. The van der Waals surface area contributed by atoms with E-state index in [4.69, 9.17) is 0 Å². The van der Waals surface area contributed by atoms with Gasteiger partial charge in [0.05, 0.1) is 0 Å². The molecule has 7 heavy (non-hydrogen) atoms. The van der Waals surface area contributed by atoms with Crippen molar-refractivity contribution in [3.8, 4) is 0 Å². The van der Waals surface area contributed by atoms with Crippen LogP contribution in [0.2, 0.25) is 0 Å². The molecule has 1 saturated heterocycles. The smallest absolute Gasteiger partial charge is 0 e. The first-order valence-electron chi connectivity index (χ1n) is 2.71. The Morgan fingerprint density at radius 3 is 1.57 bits per heavy atom. The molecule has 0 aliphatic carbocycles. The Kier molecular flexibility index (Phi) is 5.66. The molecule has 0 spiro atoms. The summed E-state index contributed by atoms with van der Waals surface area (Å²) in [4.78, 5) is 0. The average Bonchev–Trinajstić information content (AvgIpc) is 1.72. The van der Waals surface area contributed by atoms with Crippen molar-refractivity contribution in [1.29, 1.82) is 0 Å². The maximum atomic E-state index is 3.28. The van der Waals surface area contributed by atoms with Gasteiger partial charge in [0.15, 0.2) is 0 Å². The van der Waals surface area contributed by atoms with Crippen LogP contribution in [0.3, 0.4) is 0 Å². The molecule has 1 aliphatic rings. The van der Waals surface area contributed by atoms with Crippen LogP contribution in [0.5, 0.6) is 0 Å². The van der Waals surface area contributed by atoms with Gasteiger partial charge in [-0.2, -0.15) is 0 Å². The average molecular weight is 198 g/mol. The van der Waals surface area contributed by atoms with Gasteiger partial charge in [0.2, 0.25) is 0 Å². The second-order valence-corrected chi connectivity index (χ2v) is 1.81. The molecule has 2 heteroatoms. The van der Waals surface area contributed by atoms with E-state index < -0.39 is 0 Å². The molecule has 0 unspecified atom stereocenters. The fraction of sp³-hybridized carbons (Fsp3) is 1.00. The molecule has 1 fully saturated rings. The van der Waals surface area contributed by atoms with Gasteiger partial charge in [0.25, 0.3) is 0 Å². The molecule has 0 saturated carbocycles. The fourth-order valence-corrected chi connectivity index (χ4v) is 0.802. The first kappa shape index (κ1) is 7.88. The Balaban J connectivity index is 0.000000360. The molecular weight excluding hydrogens is 186 g/mol. The molecule has 1 aliphatic heterocycles. The van der Waals surface area contributed by atoms with E-state index in [0.717, 1.165) is 0 Å². The molecule has 0 aromatic rings. The summed E-state index contributed by atoms with van der Waals surface area (Å²) in [5.41, 5.74) is 0. The van der Waals surface area contributed by atoms with Gasteiger partial charge in [-0.05, 0) is 25.9 Å². The van der Waals surface area contributed by atoms with E-state index in [1.54, 1.807) is 0 Å². The van der Waals surface area contributed by atoms with Crippen LogP contribution in [0.15, 0.2) is 0 Å². The second kappa shape index (κ2) is 5.03. The summed E-state index contributed by atoms with van der Waals surface area (Å²) in [5, 5.41) is 3.28. The van der Waals surface area contributed by atoms with Crippen LogP contribution in [0, 0.1) is 0 Å². The molecule has 0 radical (unpaired) electrons. The van der Waals surface area contributed by atoms with Gasteiger partial charge in [-0.15, -0.1) is 0 Å². The molecule has 0 bridgehead atoms. The number of nitrogens with one attached hydrogen (secondary N) is 1. The van der Waals surface area contributed by atoms with Crippen LogP contribution in [-0.2, 0) is 27.3 Å².